The number of aliphatic hydroxyl groups is 3. The molecule has 1 fully saturated rings. The molecule has 9 nitrogen and oxygen atoms in total. The van der Waals surface area contributed by atoms with Crippen LogP contribution in [0.3, 0.4) is 0 Å². The number of amides is 1. The third-order valence-corrected chi connectivity index (χ3v) is 8.05. The highest BCUT2D eigenvalue weighted by Crippen LogP contribution is 2.54. The Morgan fingerprint density at radius 2 is 1.70 bits per heavy atom. The molecule has 3 aliphatic carbocycles. The zero-order valence-electron chi connectivity index (χ0n) is 21.3. The van der Waals surface area contributed by atoms with Gasteiger partial charge >= 0.3 is 6.18 Å². The summed E-state index contributed by atoms with van der Waals surface area (Å²) < 4.78 is 39.3. The lowest BCUT2D eigenvalue weighted by atomic mass is 9.59. The number of aromatic hydroxyl groups is 1. The van der Waals surface area contributed by atoms with Crippen LogP contribution in [-0.2, 0) is 27.0 Å². The number of anilines is 1. The van der Waals surface area contributed by atoms with Gasteiger partial charge in [0.2, 0.25) is 5.78 Å². The number of hydrogen-bond acceptors (Lipinski definition) is 8. The van der Waals surface area contributed by atoms with E-state index in [0.717, 1.165) is 12.1 Å². The van der Waals surface area contributed by atoms with Crippen LogP contribution in [0.4, 0.5) is 18.9 Å². The maximum Gasteiger partial charge on any atom is 0.416 e. The highest BCUT2D eigenvalue weighted by molar-refractivity contribution is 6.22. The molecule has 12 heteroatoms. The first-order valence-corrected chi connectivity index (χ1v) is 12.3. The number of nitrogens with two attached hydrogens (primary N) is 1. The summed E-state index contributed by atoms with van der Waals surface area (Å²) in [6.45, 7) is 0. The highest BCUT2D eigenvalue weighted by Gasteiger charge is 2.60. The van der Waals surface area contributed by atoms with Crippen LogP contribution in [0.25, 0.3) is 16.9 Å². The van der Waals surface area contributed by atoms with Gasteiger partial charge in [-0.3, -0.25) is 14.4 Å². The van der Waals surface area contributed by atoms with Crippen molar-refractivity contribution in [2.24, 2.45) is 17.6 Å². The molecule has 3 atom stereocenters. The fraction of sp³-hybridized carbons (Fsp3) is 0.321. The number of ketones is 2. The Bertz CT molecular complexity index is 1560. The average molecular weight is 559 g/mol. The number of hydrogen-bond donors (Lipinski definition) is 5. The number of nitrogens with zero attached hydrogens (tertiary/aromatic N) is 1. The van der Waals surface area contributed by atoms with Crippen LogP contribution in [0.5, 0.6) is 5.75 Å². The smallest absolute Gasteiger partial charge is 0.416 e. The average Bonchev–Trinajstić information content (AvgIpc) is 2.85. The Morgan fingerprint density at radius 1 is 1.07 bits per heavy atom. The number of rotatable bonds is 3. The number of Topliss-reactive ketones (excluding diaryl/α,β-unsaturated/α-hetero) is 2. The Balaban J connectivity index is 1.71. The number of carbonyl (C=O) groups excluding carboxylic acids is 3. The first-order chi connectivity index (χ1) is 18.6. The molecule has 210 valence electrons. The summed E-state index contributed by atoms with van der Waals surface area (Å²) in [7, 11) is 3.39. The van der Waals surface area contributed by atoms with E-state index >= 15 is 0 Å². The lowest BCUT2D eigenvalue weighted by Crippen LogP contribution is -2.58. The summed E-state index contributed by atoms with van der Waals surface area (Å²) in [5.41, 5.74) is 1.54. The molecule has 1 amide bonds. The van der Waals surface area contributed by atoms with Gasteiger partial charge in [0.15, 0.2) is 11.4 Å². The van der Waals surface area contributed by atoms with Crippen molar-refractivity contribution >= 4 is 28.9 Å². The van der Waals surface area contributed by atoms with Gasteiger partial charge in [0, 0.05) is 43.3 Å². The monoisotopic (exact) mass is 558 g/mol. The van der Waals surface area contributed by atoms with Crippen LogP contribution in [0.1, 0.15) is 29.5 Å². The number of phenols is 1. The van der Waals surface area contributed by atoms with Crippen molar-refractivity contribution in [3.63, 3.8) is 0 Å². The molecule has 1 saturated carbocycles. The number of carbonyl (C=O) groups is 3. The molecule has 3 unspecified atom stereocenters. The van der Waals surface area contributed by atoms with Crippen molar-refractivity contribution in [1.29, 1.82) is 0 Å². The van der Waals surface area contributed by atoms with Crippen LogP contribution in [0.2, 0.25) is 0 Å². The Kier molecular flexibility index (Phi) is 6.03. The highest BCUT2D eigenvalue weighted by atomic mass is 19.4. The number of aliphatic hydroxyl groups excluding tert-OH is 2. The SMILES string of the molecule is CN(C)c1cc(-c2ccc(C(F)(F)F)cc2)c(O)c2c1CC1CC3CC(=O)C(C(N)=O)=C(O)C3(O)C(=O)C1=C2O. The lowest BCUT2D eigenvalue weighted by molar-refractivity contribution is -0.147. The number of primary amides is 1. The molecule has 40 heavy (non-hydrogen) atoms. The molecule has 2 aromatic rings. The number of fused-ring (bicyclic) bond motifs is 3. The van der Waals surface area contributed by atoms with Crippen molar-refractivity contribution < 1.29 is 48.0 Å². The van der Waals surface area contributed by atoms with Gasteiger partial charge < -0.3 is 31.1 Å². The number of phenolic OH excluding ortho intramolecular Hbond substituents is 1. The van der Waals surface area contributed by atoms with Crippen molar-refractivity contribution in [1.82, 2.24) is 0 Å². The lowest BCUT2D eigenvalue weighted by Gasteiger charge is -2.46. The van der Waals surface area contributed by atoms with E-state index in [1.165, 1.54) is 12.1 Å². The Labute approximate surface area is 225 Å². The molecular weight excluding hydrogens is 533 g/mol. The molecule has 0 bridgehead atoms. The third kappa shape index (κ3) is 3.77. The maximum atomic E-state index is 13.7. The fourth-order valence-corrected chi connectivity index (χ4v) is 6.13. The van der Waals surface area contributed by atoms with Gasteiger partial charge in [-0.15, -0.1) is 0 Å². The predicted molar refractivity (Wildman–Crippen MR) is 136 cm³/mol. The molecule has 0 saturated heterocycles. The topological polar surface area (TPSA) is 161 Å². The van der Waals surface area contributed by atoms with Gasteiger partial charge in [0.05, 0.1) is 11.1 Å². The molecule has 5 rings (SSSR count). The molecule has 6 N–H and O–H groups in total. The molecule has 3 aliphatic rings. The molecular formula is C28H25F3N2O7. The summed E-state index contributed by atoms with van der Waals surface area (Å²) in [4.78, 5) is 39.7. The van der Waals surface area contributed by atoms with Crippen LogP contribution >= 0.6 is 0 Å². The first-order valence-electron chi connectivity index (χ1n) is 12.3. The molecule has 0 aromatic heterocycles. The quantitative estimate of drug-likeness (QED) is 0.359. The summed E-state index contributed by atoms with van der Waals surface area (Å²) in [6.07, 6.45) is -4.92. The van der Waals surface area contributed by atoms with Gasteiger partial charge in [0.1, 0.15) is 22.8 Å². The molecule has 0 heterocycles. The van der Waals surface area contributed by atoms with E-state index in [4.69, 9.17) is 5.73 Å². The van der Waals surface area contributed by atoms with E-state index in [1.807, 2.05) is 0 Å². The standard InChI is InChI=1S/C28H25F3N2O7/c1-33(2)17-10-15(11-3-5-13(6-4-11)28(29,30)31)22(35)20-16(17)8-12-7-14-9-18(34)21(26(32)39)25(38)27(14,40)24(37)19(12)23(20)36/h3-6,10,12,14,35-36,38,40H,7-9H2,1-2H3,(H2,32,39). The van der Waals surface area contributed by atoms with E-state index in [9.17, 15) is 48.0 Å². The zero-order chi connectivity index (χ0) is 29.5. The molecule has 0 spiro atoms. The summed E-state index contributed by atoms with van der Waals surface area (Å²) in [5, 5.41) is 44.8. The van der Waals surface area contributed by atoms with Crippen molar-refractivity contribution in [2.45, 2.75) is 31.0 Å². The number of benzene rings is 2. The Morgan fingerprint density at radius 3 is 2.25 bits per heavy atom. The van der Waals surface area contributed by atoms with Gasteiger partial charge in [-0.25, -0.2) is 0 Å². The largest absolute Gasteiger partial charge is 0.508 e. The minimum atomic E-state index is -4.57. The molecule has 0 aliphatic heterocycles. The molecule has 0 radical (unpaired) electrons. The summed E-state index contributed by atoms with van der Waals surface area (Å²) in [5.74, 6) is -7.42. The summed E-state index contributed by atoms with van der Waals surface area (Å²) >= 11 is 0. The van der Waals surface area contributed by atoms with Gasteiger partial charge in [0.25, 0.3) is 5.91 Å². The van der Waals surface area contributed by atoms with Crippen molar-refractivity contribution in [3.05, 3.63) is 63.9 Å². The second-order valence-corrected chi connectivity index (χ2v) is 10.5. The first kappa shape index (κ1) is 27.3. The number of alkyl halides is 3. The third-order valence-electron chi connectivity index (χ3n) is 8.05. The van der Waals surface area contributed by atoms with Crippen LogP contribution in [0, 0.1) is 11.8 Å². The van der Waals surface area contributed by atoms with Gasteiger partial charge in [-0.2, -0.15) is 13.2 Å². The maximum absolute atomic E-state index is 13.7. The van der Waals surface area contributed by atoms with Crippen molar-refractivity contribution in [3.8, 4) is 16.9 Å². The second-order valence-electron chi connectivity index (χ2n) is 10.5. The van der Waals surface area contributed by atoms with Crippen molar-refractivity contribution in [2.75, 3.05) is 19.0 Å². The van der Waals surface area contributed by atoms with Crippen LogP contribution < -0.4 is 10.6 Å². The number of halogens is 3. The van der Waals surface area contributed by atoms with Crippen LogP contribution in [-0.4, -0.2) is 57.6 Å². The fourth-order valence-electron chi connectivity index (χ4n) is 6.13. The second kappa shape index (κ2) is 8.85. The van der Waals surface area contributed by atoms with Gasteiger partial charge in [-0.05, 0) is 48.1 Å². The van der Waals surface area contributed by atoms with E-state index in [-0.39, 0.29) is 35.1 Å². The molecule has 2 aromatic carbocycles. The minimum Gasteiger partial charge on any atom is -0.508 e. The van der Waals surface area contributed by atoms with E-state index in [0.29, 0.717) is 11.3 Å². The van der Waals surface area contributed by atoms with E-state index in [1.54, 1.807) is 25.1 Å². The summed E-state index contributed by atoms with van der Waals surface area (Å²) in [6, 6.07) is 5.62. The minimum absolute atomic E-state index is 0.0167. The Hall–Kier alpha value is -4.32. The predicted octanol–water partition coefficient (Wildman–Crippen LogP) is 3.18. The van der Waals surface area contributed by atoms with Gasteiger partial charge in [-0.1, -0.05) is 12.1 Å². The zero-order valence-corrected chi connectivity index (χ0v) is 21.3. The van der Waals surface area contributed by atoms with E-state index < -0.39 is 75.9 Å². The van der Waals surface area contributed by atoms with Crippen LogP contribution in [0.15, 0.2) is 47.2 Å². The van der Waals surface area contributed by atoms with E-state index in [2.05, 4.69) is 0 Å². The normalized spacial score (nSPS) is 24.4.